The molecule has 0 aliphatic rings. The third kappa shape index (κ3) is 6.22. The lowest BCUT2D eigenvalue weighted by Gasteiger charge is -2.04. The molecule has 2 aromatic carbocycles. The Hall–Kier alpha value is -2.04. The molecule has 4 nitrogen and oxygen atoms in total. The van der Waals surface area contributed by atoms with E-state index in [-0.39, 0.29) is 12.5 Å². The molecule has 24 heavy (non-hydrogen) atoms. The minimum absolute atomic E-state index is 0.139. The molecule has 0 spiro atoms. The Labute approximate surface area is 151 Å². The van der Waals surface area contributed by atoms with Crippen molar-refractivity contribution in [3.05, 3.63) is 69.7 Å². The van der Waals surface area contributed by atoms with Crippen molar-refractivity contribution in [2.45, 2.75) is 12.8 Å². The van der Waals surface area contributed by atoms with Gasteiger partial charge in [0.1, 0.15) is 0 Å². The van der Waals surface area contributed by atoms with Gasteiger partial charge in [-0.3, -0.25) is 4.79 Å². The second-order valence-corrected chi connectivity index (χ2v) is 5.88. The van der Waals surface area contributed by atoms with Gasteiger partial charge in [-0.2, -0.15) is 0 Å². The number of nitrogens with one attached hydrogen (secondary N) is 1. The fourth-order valence-electron chi connectivity index (χ4n) is 2.03. The maximum atomic E-state index is 11.6. The van der Waals surface area contributed by atoms with E-state index in [0.717, 1.165) is 12.8 Å². The van der Waals surface area contributed by atoms with E-state index in [1.165, 1.54) is 11.8 Å². The van der Waals surface area contributed by atoms with Crippen molar-refractivity contribution in [2.24, 2.45) is 5.16 Å². The van der Waals surface area contributed by atoms with Gasteiger partial charge in [0.2, 0.25) is 0 Å². The molecule has 126 valence electrons. The monoisotopic (exact) mass is 364 g/mol. The zero-order valence-electron chi connectivity index (χ0n) is 13.0. The fourth-order valence-corrected chi connectivity index (χ4v) is 2.38. The Balaban J connectivity index is 1.63. The van der Waals surface area contributed by atoms with Crippen LogP contribution >= 0.6 is 23.2 Å². The van der Waals surface area contributed by atoms with E-state index in [9.17, 15) is 4.79 Å². The Morgan fingerprint density at radius 2 is 1.92 bits per heavy atom. The summed E-state index contributed by atoms with van der Waals surface area (Å²) in [5.41, 5.74) is 1.89. The SMILES string of the molecule is O=C(CO/N=C\c1cccc(Cl)c1Cl)NCCCc1ccccc1. The lowest BCUT2D eigenvalue weighted by Crippen LogP contribution is -2.28. The minimum Gasteiger partial charge on any atom is -0.386 e. The number of nitrogens with zero attached hydrogens (tertiary/aromatic N) is 1. The van der Waals surface area contributed by atoms with Crippen LogP contribution in [-0.4, -0.2) is 25.3 Å². The summed E-state index contributed by atoms with van der Waals surface area (Å²) < 4.78 is 0. The second kappa shape index (κ2) is 9.96. The summed E-state index contributed by atoms with van der Waals surface area (Å²) in [6, 6.07) is 15.3. The molecule has 0 aliphatic heterocycles. The van der Waals surface area contributed by atoms with Gasteiger partial charge in [0.05, 0.1) is 16.3 Å². The van der Waals surface area contributed by atoms with Crippen LogP contribution in [0.3, 0.4) is 0 Å². The average molecular weight is 365 g/mol. The van der Waals surface area contributed by atoms with Crippen LogP contribution in [0.25, 0.3) is 0 Å². The van der Waals surface area contributed by atoms with Crippen molar-refractivity contribution < 1.29 is 9.63 Å². The standard InChI is InChI=1S/C18H18Cl2N2O2/c19-16-10-4-9-15(18(16)20)12-22-24-13-17(23)21-11-5-8-14-6-2-1-3-7-14/h1-4,6-7,9-10,12H,5,8,11,13H2,(H,21,23)/b22-12-. The molecule has 0 aliphatic carbocycles. The largest absolute Gasteiger partial charge is 0.386 e. The first-order valence-corrected chi connectivity index (χ1v) is 8.32. The van der Waals surface area contributed by atoms with Crippen molar-refractivity contribution in [1.82, 2.24) is 5.32 Å². The van der Waals surface area contributed by atoms with Gasteiger partial charge in [-0.05, 0) is 24.5 Å². The Kier molecular flexibility index (Phi) is 7.59. The van der Waals surface area contributed by atoms with E-state index in [1.54, 1.807) is 18.2 Å². The topological polar surface area (TPSA) is 50.7 Å². The number of amides is 1. The molecule has 0 heterocycles. The van der Waals surface area contributed by atoms with E-state index in [1.807, 2.05) is 18.2 Å². The van der Waals surface area contributed by atoms with Crippen LogP contribution in [0.15, 0.2) is 53.7 Å². The molecule has 0 aromatic heterocycles. The van der Waals surface area contributed by atoms with Gasteiger partial charge in [0.25, 0.3) is 5.91 Å². The van der Waals surface area contributed by atoms with Crippen LogP contribution in [0.4, 0.5) is 0 Å². The summed E-state index contributed by atoms with van der Waals surface area (Å²) in [5.74, 6) is -0.211. The van der Waals surface area contributed by atoms with E-state index in [0.29, 0.717) is 22.2 Å². The normalized spacial score (nSPS) is 10.8. The minimum atomic E-state index is -0.211. The van der Waals surface area contributed by atoms with E-state index >= 15 is 0 Å². The molecule has 0 saturated carbocycles. The van der Waals surface area contributed by atoms with Gasteiger partial charge in [-0.1, -0.05) is 70.8 Å². The van der Waals surface area contributed by atoms with E-state index in [4.69, 9.17) is 28.0 Å². The average Bonchev–Trinajstić information content (AvgIpc) is 2.60. The second-order valence-electron chi connectivity index (χ2n) is 5.09. The summed E-state index contributed by atoms with van der Waals surface area (Å²) >= 11 is 11.9. The zero-order valence-corrected chi connectivity index (χ0v) is 14.6. The molecular weight excluding hydrogens is 347 g/mol. The van der Waals surface area contributed by atoms with E-state index < -0.39 is 0 Å². The summed E-state index contributed by atoms with van der Waals surface area (Å²) in [7, 11) is 0. The number of carbonyl (C=O) groups excluding carboxylic acids is 1. The predicted molar refractivity (Wildman–Crippen MR) is 97.8 cm³/mol. The molecule has 0 saturated heterocycles. The van der Waals surface area contributed by atoms with Crippen molar-refractivity contribution in [1.29, 1.82) is 0 Å². The third-order valence-electron chi connectivity index (χ3n) is 3.25. The molecule has 0 bridgehead atoms. The van der Waals surface area contributed by atoms with Crippen molar-refractivity contribution >= 4 is 35.3 Å². The Morgan fingerprint density at radius 3 is 2.71 bits per heavy atom. The number of carbonyl (C=O) groups is 1. The molecule has 6 heteroatoms. The van der Waals surface area contributed by atoms with Gasteiger partial charge in [0, 0.05) is 12.1 Å². The van der Waals surface area contributed by atoms with Crippen LogP contribution in [0, 0.1) is 0 Å². The van der Waals surface area contributed by atoms with Crippen LogP contribution in [0.2, 0.25) is 10.0 Å². The molecule has 1 N–H and O–H groups in total. The van der Waals surface area contributed by atoms with Crippen molar-refractivity contribution in [3.8, 4) is 0 Å². The molecule has 0 unspecified atom stereocenters. The highest BCUT2D eigenvalue weighted by atomic mass is 35.5. The first-order chi connectivity index (χ1) is 11.7. The third-order valence-corrected chi connectivity index (χ3v) is 4.08. The first-order valence-electron chi connectivity index (χ1n) is 7.57. The highest BCUT2D eigenvalue weighted by Gasteiger charge is 2.03. The molecule has 2 aromatic rings. The number of aryl methyl sites for hydroxylation is 1. The summed E-state index contributed by atoms with van der Waals surface area (Å²) in [5, 5.41) is 7.36. The molecule has 2 rings (SSSR count). The Morgan fingerprint density at radius 1 is 1.12 bits per heavy atom. The number of oxime groups is 1. The van der Waals surface area contributed by atoms with Crippen molar-refractivity contribution in [3.63, 3.8) is 0 Å². The number of hydrogen-bond donors (Lipinski definition) is 1. The fraction of sp³-hybridized carbons (Fsp3) is 0.222. The molecule has 0 atom stereocenters. The van der Waals surface area contributed by atoms with Gasteiger partial charge in [-0.25, -0.2) is 0 Å². The summed E-state index contributed by atoms with van der Waals surface area (Å²) in [6.45, 7) is 0.459. The van der Waals surface area contributed by atoms with Crippen LogP contribution in [0.5, 0.6) is 0 Å². The van der Waals surface area contributed by atoms with Crippen LogP contribution < -0.4 is 5.32 Å². The quantitative estimate of drug-likeness (QED) is 0.435. The molecular formula is C18H18Cl2N2O2. The predicted octanol–water partition coefficient (Wildman–Crippen LogP) is 4.09. The number of halogens is 2. The van der Waals surface area contributed by atoms with Gasteiger partial charge < -0.3 is 10.2 Å². The highest BCUT2D eigenvalue weighted by molar-refractivity contribution is 6.43. The molecule has 1 amide bonds. The number of benzene rings is 2. The highest BCUT2D eigenvalue weighted by Crippen LogP contribution is 2.24. The maximum Gasteiger partial charge on any atom is 0.260 e. The van der Waals surface area contributed by atoms with Gasteiger partial charge in [0.15, 0.2) is 6.61 Å². The lowest BCUT2D eigenvalue weighted by molar-refractivity contribution is -0.125. The maximum absolute atomic E-state index is 11.6. The van der Waals surface area contributed by atoms with Crippen LogP contribution in [0.1, 0.15) is 17.5 Å². The Bertz CT molecular complexity index is 691. The van der Waals surface area contributed by atoms with E-state index in [2.05, 4.69) is 22.6 Å². The summed E-state index contributed by atoms with van der Waals surface area (Å²) in [6.07, 6.45) is 3.22. The number of hydrogen-bond acceptors (Lipinski definition) is 3. The molecule has 0 radical (unpaired) electrons. The smallest absolute Gasteiger partial charge is 0.260 e. The first kappa shape index (κ1) is 18.3. The van der Waals surface area contributed by atoms with Gasteiger partial charge >= 0.3 is 0 Å². The molecule has 0 fully saturated rings. The van der Waals surface area contributed by atoms with Crippen LogP contribution in [-0.2, 0) is 16.1 Å². The lowest BCUT2D eigenvalue weighted by atomic mass is 10.1. The summed E-state index contributed by atoms with van der Waals surface area (Å²) in [4.78, 5) is 16.6. The number of rotatable bonds is 8. The van der Waals surface area contributed by atoms with Gasteiger partial charge in [-0.15, -0.1) is 0 Å². The van der Waals surface area contributed by atoms with Crippen molar-refractivity contribution in [2.75, 3.05) is 13.2 Å². The zero-order chi connectivity index (χ0) is 17.2.